The van der Waals surface area contributed by atoms with E-state index in [0.717, 1.165) is 30.8 Å². The Balaban J connectivity index is 1.61. The van der Waals surface area contributed by atoms with Crippen LogP contribution in [0.25, 0.3) is 0 Å². The van der Waals surface area contributed by atoms with Crippen molar-refractivity contribution in [1.82, 2.24) is 20.4 Å². The molecule has 0 spiro atoms. The van der Waals surface area contributed by atoms with Gasteiger partial charge in [0.1, 0.15) is 0 Å². The van der Waals surface area contributed by atoms with E-state index in [1.165, 1.54) is 16.7 Å². The first-order valence-corrected chi connectivity index (χ1v) is 9.11. The molecule has 1 aromatic heterocycles. The van der Waals surface area contributed by atoms with Gasteiger partial charge in [0.05, 0.1) is 5.69 Å². The van der Waals surface area contributed by atoms with Crippen LogP contribution in [0.5, 0.6) is 0 Å². The molecule has 134 valence electrons. The summed E-state index contributed by atoms with van der Waals surface area (Å²) in [4.78, 5) is 14.5. The van der Waals surface area contributed by atoms with Gasteiger partial charge < -0.3 is 10.2 Å². The molecule has 0 radical (unpaired) electrons. The summed E-state index contributed by atoms with van der Waals surface area (Å²) in [5.74, 6) is 0.521. The number of fused-ring (bicyclic) bond motifs is 1. The molecule has 0 aliphatic carbocycles. The highest BCUT2D eigenvalue weighted by atomic mass is 16.2. The number of nitrogens with zero attached hydrogens (tertiary/aromatic N) is 2. The van der Waals surface area contributed by atoms with Crippen LogP contribution in [0, 0.1) is 6.92 Å². The van der Waals surface area contributed by atoms with Gasteiger partial charge in [-0.2, -0.15) is 5.10 Å². The number of H-pyrrole nitrogens is 1. The number of hydrogen-bond acceptors (Lipinski definition) is 2. The summed E-state index contributed by atoms with van der Waals surface area (Å²) in [6.45, 7) is 9.93. The van der Waals surface area contributed by atoms with Crippen molar-refractivity contribution < 1.29 is 4.79 Å². The van der Waals surface area contributed by atoms with E-state index in [1.54, 1.807) is 0 Å². The summed E-state index contributed by atoms with van der Waals surface area (Å²) in [5, 5.41) is 10.3. The fraction of sp³-hybridized carbons (Fsp3) is 0.500. The van der Waals surface area contributed by atoms with E-state index in [2.05, 4.69) is 47.6 Å². The van der Waals surface area contributed by atoms with Gasteiger partial charge in [0.15, 0.2) is 0 Å². The number of carbonyl (C=O) groups is 1. The van der Waals surface area contributed by atoms with Crippen LogP contribution in [0.2, 0.25) is 0 Å². The maximum Gasteiger partial charge on any atom is 0.317 e. The molecule has 1 aromatic carbocycles. The molecule has 1 unspecified atom stereocenters. The molecule has 3 rings (SSSR count). The van der Waals surface area contributed by atoms with Gasteiger partial charge in [0.25, 0.3) is 0 Å². The number of aromatic nitrogens is 2. The molecule has 0 fully saturated rings. The van der Waals surface area contributed by atoms with Crippen LogP contribution in [-0.4, -0.2) is 33.7 Å². The van der Waals surface area contributed by atoms with Crippen LogP contribution < -0.4 is 5.32 Å². The Labute approximate surface area is 149 Å². The van der Waals surface area contributed by atoms with Gasteiger partial charge in [-0.15, -0.1) is 0 Å². The molecule has 5 nitrogen and oxygen atoms in total. The van der Waals surface area contributed by atoms with Crippen molar-refractivity contribution >= 4 is 6.03 Å². The minimum atomic E-state index is 0.0142. The minimum absolute atomic E-state index is 0.0142. The molecule has 2 N–H and O–H groups in total. The molecule has 1 aliphatic rings. The highest BCUT2D eigenvalue weighted by molar-refractivity contribution is 5.75. The first-order valence-electron chi connectivity index (χ1n) is 9.11. The highest BCUT2D eigenvalue weighted by Gasteiger charge is 2.24. The third-order valence-corrected chi connectivity index (χ3v) is 4.86. The van der Waals surface area contributed by atoms with Crippen molar-refractivity contribution in [2.45, 2.75) is 59.0 Å². The van der Waals surface area contributed by atoms with Crippen molar-refractivity contribution in [3.63, 3.8) is 0 Å². The van der Waals surface area contributed by atoms with Crippen LogP contribution in [0.15, 0.2) is 24.3 Å². The normalized spacial score (nSPS) is 15.2. The Morgan fingerprint density at radius 1 is 1.36 bits per heavy atom. The smallest absolute Gasteiger partial charge is 0.317 e. The third-order valence-electron chi connectivity index (χ3n) is 4.86. The number of amides is 2. The van der Waals surface area contributed by atoms with Gasteiger partial charge in [0, 0.05) is 31.2 Å². The SMILES string of the molecule is Cc1cc(CC(C)NC(=O)N2CCc3c(cccc3C(C)C)C2)n[nH]1. The van der Waals surface area contributed by atoms with Crippen LogP contribution >= 0.6 is 0 Å². The van der Waals surface area contributed by atoms with Gasteiger partial charge in [-0.3, -0.25) is 5.10 Å². The lowest BCUT2D eigenvalue weighted by atomic mass is 9.89. The minimum Gasteiger partial charge on any atom is -0.335 e. The van der Waals surface area contributed by atoms with E-state index in [-0.39, 0.29) is 12.1 Å². The molecule has 2 amide bonds. The lowest BCUT2D eigenvalue weighted by molar-refractivity contribution is 0.189. The molecular weight excluding hydrogens is 312 g/mol. The van der Waals surface area contributed by atoms with E-state index in [0.29, 0.717) is 12.5 Å². The van der Waals surface area contributed by atoms with Crippen LogP contribution in [-0.2, 0) is 19.4 Å². The third kappa shape index (κ3) is 4.03. The predicted octanol–water partition coefficient (Wildman–Crippen LogP) is 3.54. The zero-order chi connectivity index (χ0) is 18.0. The number of carbonyl (C=O) groups excluding carboxylic acids is 1. The Hall–Kier alpha value is -2.30. The van der Waals surface area contributed by atoms with Gasteiger partial charge >= 0.3 is 6.03 Å². The Morgan fingerprint density at radius 3 is 2.84 bits per heavy atom. The summed E-state index contributed by atoms with van der Waals surface area (Å²) >= 11 is 0. The molecular formula is C20H28N4O. The molecule has 0 bridgehead atoms. The summed E-state index contributed by atoms with van der Waals surface area (Å²) < 4.78 is 0. The van der Waals surface area contributed by atoms with Gasteiger partial charge in [0.2, 0.25) is 0 Å². The van der Waals surface area contributed by atoms with E-state index in [1.807, 2.05) is 24.8 Å². The van der Waals surface area contributed by atoms with Crippen molar-refractivity contribution in [1.29, 1.82) is 0 Å². The molecule has 2 heterocycles. The standard InChI is InChI=1S/C20H28N4O/c1-13(2)18-7-5-6-16-12-24(9-8-19(16)18)20(25)21-14(3)10-17-11-15(4)22-23-17/h5-7,11,13-14H,8-10,12H2,1-4H3,(H,21,25)(H,22,23). The second-order valence-electron chi connectivity index (χ2n) is 7.41. The lowest BCUT2D eigenvalue weighted by Gasteiger charge is -2.31. The van der Waals surface area contributed by atoms with Gasteiger partial charge in [-0.1, -0.05) is 32.0 Å². The van der Waals surface area contributed by atoms with Crippen LogP contribution in [0.4, 0.5) is 4.79 Å². The van der Waals surface area contributed by atoms with Crippen LogP contribution in [0.3, 0.4) is 0 Å². The molecule has 5 heteroatoms. The molecule has 0 saturated heterocycles. The van der Waals surface area contributed by atoms with Gasteiger partial charge in [-0.05, 0) is 48.9 Å². The number of hydrogen-bond donors (Lipinski definition) is 2. The Morgan fingerprint density at radius 2 is 2.16 bits per heavy atom. The van der Waals surface area contributed by atoms with Crippen molar-refractivity contribution in [2.24, 2.45) is 0 Å². The average molecular weight is 340 g/mol. The number of aryl methyl sites for hydroxylation is 1. The number of aromatic amines is 1. The number of rotatable bonds is 4. The molecule has 1 atom stereocenters. The van der Waals surface area contributed by atoms with Gasteiger partial charge in [-0.25, -0.2) is 4.79 Å². The average Bonchev–Trinajstić information content (AvgIpc) is 2.98. The molecule has 25 heavy (non-hydrogen) atoms. The Bertz CT molecular complexity index is 750. The Kier molecular flexibility index (Phi) is 5.11. The molecule has 2 aromatic rings. The molecule has 1 aliphatic heterocycles. The largest absolute Gasteiger partial charge is 0.335 e. The quantitative estimate of drug-likeness (QED) is 0.894. The summed E-state index contributed by atoms with van der Waals surface area (Å²) in [6.07, 6.45) is 1.67. The van der Waals surface area contributed by atoms with E-state index >= 15 is 0 Å². The number of urea groups is 1. The van der Waals surface area contributed by atoms with Crippen molar-refractivity contribution in [3.8, 4) is 0 Å². The van der Waals surface area contributed by atoms with Crippen LogP contribution in [0.1, 0.15) is 54.8 Å². The second-order valence-corrected chi connectivity index (χ2v) is 7.41. The van der Waals surface area contributed by atoms with E-state index in [9.17, 15) is 4.79 Å². The predicted molar refractivity (Wildman–Crippen MR) is 99.7 cm³/mol. The van der Waals surface area contributed by atoms with E-state index in [4.69, 9.17) is 0 Å². The summed E-state index contributed by atoms with van der Waals surface area (Å²) in [6, 6.07) is 8.56. The fourth-order valence-corrected chi connectivity index (χ4v) is 3.60. The first-order chi connectivity index (χ1) is 11.9. The molecule has 0 saturated carbocycles. The number of nitrogens with one attached hydrogen (secondary N) is 2. The zero-order valence-corrected chi connectivity index (χ0v) is 15.6. The first kappa shape index (κ1) is 17.5. The number of benzene rings is 1. The maximum absolute atomic E-state index is 12.6. The topological polar surface area (TPSA) is 61.0 Å². The maximum atomic E-state index is 12.6. The fourth-order valence-electron chi connectivity index (χ4n) is 3.60. The van der Waals surface area contributed by atoms with Crippen molar-refractivity contribution in [3.05, 3.63) is 52.3 Å². The summed E-state index contributed by atoms with van der Waals surface area (Å²) in [5.41, 5.74) is 6.16. The second kappa shape index (κ2) is 7.30. The lowest BCUT2D eigenvalue weighted by Crippen LogP contribution is -2.46. The zero-order valence-electron chi connectivity index (χ0n) is 15.6. The monoisotopic (exact) mass is 340 g/mol. The van der Waals surface area contributed by atoms with E-state index < -0.39 is 0 Å². The van der Waals surface area contributed by atoms with Crippen molar-refractivity contribution in [2.75, 3.05) is 6.54 Å². The summed E-state index contributed by atoms with van der Waals surface area (Å²) in [7, 11) is 0. The highest BCUT2D eigenvalue weighted by Crippen LogP contribution is 2.27.